The third-order valence-corrected chi connectivity index (χ3v) is 5.48. The lowest BCUT2D eigenvalue weighted by Gasteiger charge is -2.21. The summed E-state index contributed by atoms with van der Waals surface area (Å²) in [5, 5.41) is 11.2. The number of aromatic hydroxyl groups is 1. The average molecular weight is 412 g/mol. The van der Waals surface area contributed by atoms with Crippen molar-refractivity contribution in [1.29, 1.82) is 0 Å². The number of methoxy groups -OCH3 is 1. The molecule has 4 heteroatoms. The smallest absolute Gasteiger partial charge is 0.262 e. The normalized spacial score (nSPS) is 10.8. The van der Waals surface area contributed by atoms with Gasteiger partial charge in [0.25, 0.3) is 5.56 Å². The van der Waals surface area contributed by atoms with E-state index in [1.165, 1.54) is 0 Å². The topological polar surface area (TPSA) is 51.5 Å². The lowest BCUT2D eigenvalue weighted by molar-refractivity contribution is 0.414. The highest BCUT2D eigenvalue weighted by molar-refractivity contribution is 5.70. The summed E-state index contributed by atoms with van der Waals surface area (Å²) in [7, 11) is 1.61. The largest absolute Gasteiger partial charge is 0.507 e. The van der Waals surface area contributed by atoms with E-state index in [0.29, 0.717) is 35.5 Å². The Morgan fingerprint density at radius 1 is 0.871 bits per heavy atom. The molecule has 0 bridgehead atoms. The Labute approximate surface area is 182 Å². The lowest BCUT2D eigenvalue weighted by atomic mass is 9.96. The van der Waals surface area contributed by atoms with Gasteiger partial charge >= 0.3 is 0 Å². The predicted octanol–water partition coefficient (Wildman–Crippen LogP) is 5.37. The summed E-state index contributed by atoms with van der Waals surface area (Å²) in [5.74, 6) is 0.744. The molecule has 0 amide bonds. The number of aromatic nitrogens is 1. The van der Waals surface area contributed by atoms with E-state index in [2.05, 4.69) is 0 Å². The van der Waals surface area contributed by atoms with E-state index in [4.69, 9.17) is 4.74 Å². The maximum absolute atomic E-state index is 13.8. The Balaban J connectivity index is 2.06. The molecule has 0 aliphatic carbocycles. The molecule has 0 aliphatic rings. The SMILES string of the molecule is CCc1c(O)c(Cc2ccccc2)c(=O)n(-c2cccc(OC)c2)c1-c1ccccc1. The van der Waals surface area contributed by atoms with Crippen molar-refractivity contribution >= 4 is 0 Å². The van der Waals surface area contributed by atoms with Crippen LogP contribution in [0.2, 0.25) is 0 Å². The van der Waals surface area contributed by atoms with Crippen LogP contribution < -0.4 is 10.3 Å². The summed E-state index contributed by atoms with van der Waals surface area (Å²) in [6.07, 6.45) is 0.944. The van der Waals surface area contributed by atoms with Crippen LogP contribution in [0.15, 0.2) is 89.7 Å². The molecule has 1 heterocycles. The van der Waals surface area contributed by atoms with Crippen LogP contribution in [0.3, 0.4) is 0 Å². The minimum Gasteiger partial charge on any atom is -0.507 e. The van der Waals surface area contributed by atoms with Crippen LogP contribution in [0.5, 0.6) is 11.5 Å². The third kappa shape index (κ3) is 3.97. The molecule has 0 atom stereocenters. The van der Waals surface area contributed by atoms with Gasteiger partial charge in [0.2, 0.25) is 0 Å². The van der Waals surface area contributed by atoms with Gasteiger partial charge < -0.3 is 9.84 Å². The molecule has 0 saturated carbocycles. The highest BCUT2D eigenvalue weighted by Gasteiger charge is 2.23. The molecule has 0 spiro atoms. The number of hydrogen-bond donors (Lipinski definition) is 1. The van der Waals surface area contributed by atoms with Gasteiger partial charge in [-0.1, -0.05) is 73.7 Å². The third-order valence-electron chi connectivity index (χ3n) is 5.48. The second kappa shape index (κ2) is 8.92. The molecule has 4 nitrogen and oxygen atoms in total. The highest BCUT2D eigenvalue weighted by Crippen LogP contribution is 2.34. The molecule has 4 aromatic rings. The van der Waals surface area contributed by atoms with Crippen molar-refractivity contribution in [2.75, 3.05) is 7.11 Å². The van der Waals surface area contributed by atoms with Crippen LogP contribution in [-0.4, -0.2) is 16.8 Å². The molecule has 0 unspecified atom stereocenters. The van der Waals surface area contributed by atoms with E-state index in [1.54, 1.807) is 11.7 Å². The number of ether oxygens (including phenoxy) is 1. The predicted molar refractivity (Wildman–Crippen MR) is 124 cm³/mol. The summed E-state index contributed by atoms with van der Waals surface area (Å²) in [5.41, 5.74) is 4.17. The Morgan fingerprint density at radius 3 is 2.19 bits per heavy atom. The zero-order chi connectivity index (χ0) is 21.8. The number of nitrogens with zero attached hydrogens (tertiary/aromatic N) is 1. The Bertz CT molecular complexity index is 1240. The first kappa shape index (κ1) is 20.5. The number of pyridine rings is 1. The standard InChI is InChI=1S/C27H25NO3/c1-3-23-25(20-13-8-5-9-14-20)28(21-15-10-16-22(18-21)31-2)27(30)24(26(23)29)17-19-11-6-4-7-12-19/h4-16,18,29H,3,17H2,1-2H3. The van der Waals surface area contributed by atoms with Gasteiger partial charge in [-0.15, -0.1) is 0 Å². The van der Waals surface area contributed by atoms with Crippen LogP contribution in [-0.2, 0) is 12.8 Å². The van der Waals surface area contributed by atoms with Crippen LogP contribution in [0, 0.1) is 0 Å². The molecular formula is C27H25NO3. The summed E-state index contributed by atoms with van der Waals surface area (Å²) < 4.78 is 7.11. The summed E-state index contributed by atoms with van der Waals surface area (Å²) >= 11 is 0. The minimum atomic E-state index is -0.231. The molecule has 1 aromatic heterocycles. The van der Waals surface area contributed by atoms with Crippen molar-refractivity contribution in [3.05, 3.63) is 112 Å². The molecule has 0 saturated heterocycles. The zero-order valence-corrected chi connectivity index (χ0v) is 17.7. The lowest BCUT2D eigenvalue weighted by Crippen LogP contribution is -2.26. The molecule has 0 radical (unpaired) electrons. The van der Waals surface area contributed by atoms with E-state index in [-0.39, 0.29) is 11.3 Å². The molecule has 0 aliphatic heterocycles. The Morgan fingerprint density at radius 2 is 1.55 bits per heavy atom. The average Bonchev–Trinajstić information content (AvgIpc) is 2.82. The summed E-state index contributed by atoms with van der Waals surface area (Å²) in [6.45, 7) is 1.99. The fourth-order valence-corrected chi connectivity index (χ4v) is 3.96. The number of rotatable bonds is 6. The number of benzene rings is 3. The van der Waals surface area contributed by atoms with Gasteiger partial charge in [0, 0.05) is 18.1 Å². The second-order valence-corrected chi connectivity index (χ2v) is 7.38. The molecule has 31 heavy (non-hydrogen) atoms. The molecule has 4 rings (SSSR count). The first-order chi connectivity index (χ1) is 15.1. The maximum atomic E-state index is 13.8. The van der Waals surface area contributed by atoms with Crippen molar-refractivity contribution in [2.24, 2.45) is 0 Å². The van der Waals surface area contributed by atoms with Crippen molar-refractivity contribution < 1.29 is 9.84 Å². The molecule has 3 aromatic carbocycles. The minimum absolute atomic E-state index is 0.0781. The van der Waals surface area contributed by atoms with Crippen molar-refractivity contribution in [3.63, 3.8) is 0 Å². The van der Waals surface area contributed by atoms with E-state index >= 15 is 0 Å². The first-order valence-corrected chi connectivity index (χ1v) is 10.4. The Kier molecular flexibility index (Phi) is 5.89. The van der Waals surface area contributed by atoms with Crippen LogP contribution in [0.4, 0.5) is 0 Å². The highest BCUT2D eigenvalue weighted by atomic mass is 16.5. The van der Waals surface area contributed by atoms with Crippen LogP contribution >= 0.6 is 0 Å². The number of hydrogen-bond acceptors (Lipinski definition) is 3. The molecule has 1 N–H and O–H groups in total. The van der Waals surface area contributed by atoms with Gasteiger partial charge in [0.1, 0.15) is 11.5 Å². The van der Waals surface area contributed by atoms with Gasteiger partial charge in [-0.25, -0.2) is 0 Å². The fraction of sp³-hybridized carbons (Fsp3) is 0.148. The monoisotopic (exact) mass is 411 g/mol. The van der Waals surface area contributed by atoms with E-state index in [1.807, 2.05) is 91.9 Å². The van der Waals surface area contributed by atoms with Gasteiger partial charge in [-0.3, -0.25) is 9.36 Å². The van der Waals surface area contributed by atoms with Gasteiger partial charge in [0.15, 0.2) is 0 Å². The van der Waals surface area contributed by atoms with Crippen molar-refractivity contribution in [2.45, 2.75) is 19.8 Å². The van der Waals surface area contributed by atoms with E-state index < -0.39 is 0 Å². The molecular weight excluding hydrogens is 386 g/mol. The second-order valence-electron chi connectivity index (χ2n) is 7.38. The quantitative estimate of drug-likeness (QED) is 0.464. The fourth-order valence-electron chi connectivity index (χ4n) is 3.96. The van der Waals surface area contributed by atoms with Gasteiger partial charge in [-0.05, 0) is 29.7 Å². The molecule has 156 valence electrons. The van der Waals surface area contributed by atoms with Gasteiger partial charge in [-0.2, -0.15) is 0 Å². The zero-order valence-electron chi connectivity index (χ0n) is 17.7. The summed E-state index contributed by atoms with van der Waals surface area (Å²) in [6, 6.07) is 26.9. The first-order valence-electron chi connectivity index (χ1n) is 10.4. The van der Waals surface area contributed by atoms with Crippen LogP contribution in [0.1, 0.15) is 23.6 Å². The summed E-state index contributed by atoms with van der Waals surface area (Å²) in [4.78, 5) is 13.8. The van der Waals surface area contributed by atoms with Crippen molar-refractivity contribution in [1.82, 2.24) is 4.57 Å². The van der Waals surface area contributed by atoms with Crippen molar-refractivity contribution in [3.8, 4) is 28.4 Å². The van der Waals surface area contributed by atoms with E-state index in [0.717, 1.165) is 16.7 Å². The van der Waals surface area contributed by atoms with E-state index in [9.17, 15) is 9.90 Å². The van der Waals surface area contributed by atoms with Crippen LogP contribution in [0.25, 0.3) is 16.9 Å². The molecule has 0 fully saturated rings. The maximum Gasteiger partial charge on any atom is 0.262 e. The van der Waals surface area contributed by atoms with Gasteiger partial charge in [0.05, 0.1) is 24.1 Å². The Hall–Kier alpha value is -3.79.